The summed E-state index contributed by atoms with van der Waals surface area (Å²) in [7, 11) is 0. The Bertz CT molecular complexity index is 350. The quantitative estimate of drug-likeness (QED) is 0.730. The number of nitrogens with zero attached hydrogens (tertiary/aromatic N) is 1. The highest BCUT2D eigenvalue weighted by Crippen LogP contribution is 2.33. The summed E-state index contributed by atoms with van der Waals surface area (Å²) in [6.07, 6.45) is -3.44. The van der Waals surface area contributed by atoms with Crippen LogP contribution < -0.4 is 11.1 Å². The summed E-state index contributed by atoms with van der Waals surface area (Å²) in [6, 6.07) is 0.835. The SMILES string of the molecule is NC(=O)Nc1ncccc1C(F)(F)F. The van der Waals surface area contributed by atoms with Gasteiger partial charge in [-0.15, -0.1) is 0 Å². The topological polar surface area (TPSA) is 68.0 Å². The van der Waals surface area contributed by atoms with Crippen LogP contribution in [0.15, 0.2) is 18.3 Å². The molecule has 7 heteroatoms. The molecule has 2 amide bonds. The Labute approximate surface area is 76.9 Å². The predicted octanol–water partition coefficient (Wildman–Crippen LogP) is 1.59. The van der Waals surface area contributed by atoms with Gasteiger partial charge in [0.25, 0.3) is 0 Å². The van der Waals surface area contributed by atoms with Gasteiger partial charge in [-0.1, -0.05) is 0 Å². The van der Waals surface area contributed by atoms with Gasteiger partial charge in [-0.25, -0.2) is 9.78 Å². The number of anilines is 1. The zero-order valence-corrected chi connectivity index (χ0v) is 6.80. The standard InChI is InChI=1S/C7H6F3N3O/c8-7(9,10)4-2-1-3-12-5(4)13-6(11)14/h1-3H,(H3,11,12,13,14). The Morgan fingerprint density at radius 1 is 1.50 bits per heavy atom. The molecule has 76 valence electrons. The van der Waals surface area contributed by atoms with E-state index >= 15 is 0 Å². The van der Waals surface area contributed by atoms with Crippen molar-refractivity contribution in [1.82, 2.24) is 4.98 Å². The fourth-order valence-corrected chi connectivity index (χ4v) is 0.850. The molecule has 0 aromatic carbocycles. The van der Waals surface area contributed by atoms with Crippen LogP contribution in [0.1, 0.15) is 5.56 Å². The van der Waals surface area contributed by atoms with Crippen LogP contribution >= 0.6 is 0 Å². The summed E-state index contributed by atoms with van der Waals surface area (Å²) in [6.45, 7) is 0. The minimum Gasteiger partial charge on any atom is -0.351 e. The molecule has 0 saturated heterocycles. The maximum absolute atomic E-state index is 12.3. The zero-order chi connectivity index (χ0) is 10.8. The lowest BCUT2D eigenvalue weighted by Crippen LogP contribution is -2.22. The van der Waals surface area contributed by atoms with Crippen LogP contribution in [0.4, 0.5) is 23.8 Å². The highest BCUT2D eigenvalue weighted by molar-refractivity contribution is 5.87. The molecule has 1 heterocycles. The molecule has 14 heavy (non-hydrogen) atoms. The van der Waals surface area contributed by atoms with Crippen LogP contribution in [-0.2, 0) is 6.18 Å². The first-order valence-electron chi connectivity index (χ1n) is 3.50. The normalized spacial score (nSPS) is 11.1. The molecular formula is C7H6F3N3O. The van der Waals surface area contributed by atoms with E-state index in [1.54, 1.807) is 5.32 Å². The molecule has 1 aromatic rings. The van der Waals surface area contributed by atoms with E-state index in [0.717, 1.165) is 18.3 Å². The number of hydrogen-bond donors (Lipinski definition) is 2. The second-order valence-corrected chi connectivity index (χ2v) is 2.39. The second-order valence-electron chi connectivity index (χ2n) is 2.39. The molecule has 3 N–H and O–H groups in total. The van der Waals surface area contributed by atoms with Crippen LogP contribution in [0.5, 0.6) is 0 Å². The minimum atomic E-state index is -4.56. The molecule has 0 fully saturated rings. The minimum absolute atomic E-state index is 0.590. The van der Waals surface area contributed by atoms with Crippen molar-refractivity contribution in [1.29, 1.82) is 0 Å². The largest absolute Gasteiger partial charge is 0.419 e. The van der Waals surface area contributed by atoms with E-state index in [2.05, 4.69) is 10.7 Å². The van der Waals surface area contributed by atoms with E-state index in [9.17, 15) is 18.0 Å². The number of urea groups is 1. The molecular weight excluding hydrogens is 199 g/mol. The predicted molar refractivity (Wildman–Crippen MR) is 42.4 cm³/mol. The molecule has 0 radical (unpaired) electrons. The van der Waals surface area contributed by atoms with E-state index in [1.807, 2.05) is 0 Å². The van der Waals surface area contributed by atoms with Crippen molar-refractivity contribution in [2.75, 3.05) is 5.32 Å². The molecule has 0 atom stereocenters. The van der Waals surface area contributed by atoms with E-state index < -0.39 is 23.6 Å². The van der Waals surface area contributed by atoms with E-state index in [-0.39, 0.29) is 0 Å². The molecule has 4 nitrogen and oxygen atoms in total. The van der Waals surface area contributed by atoms with Gasteiger partial charge in [0.15, 0.2) is 0 Å². The highest BCUT2D eigenvalue weighted by Gasteiger charge is 2.34. The number of rotatable bonds is 1. The first kappa shape index (κ1) is 10.3. The number of alkyl halides is 3. The van der Waals surface area contributed by atoms with Gasteiger partial charge in [0.05, 0.1) is 5.56 Å². The molecule has 0 bridgehead atoms. The molecule has 0 saturated carbocycles. The third-order valence-corrected chi connectivity index (χ3v) is 1.35. The zero-order valence-electron chi connectivity index (χ0n) is 6.80. The summed E-state index contributed by atoms with van der Waals surface area (Å²) in [4.78, 5) is 13.7. The Hall–Kier alpha value is -1.79. The van der Waals surface area contributed by atoms with Crippen molar-refractivity contribution in [3.8, 4) is 0 Å². The maximum Gasteiger partial charge on any atom is 0.419 e. The lowest BCUT2D eigenvalue weighted by Gasteiger charge is -2.10. The summed E-state index contributed by atoms with van der Waals surface area (Å²) < 4.78 is 36.8. The number of nitrogens with one attached hydrogen (secondary N) is 1. The number of nitrogens with two attached hydrogens (primary N) is 1. The first-order valence-corrected chi connectivity index (χ1v) is 3.50. The Morgan fingerprint density at radius 2 is 2.14 bits per heavy atom. The third-order valence-electron chi connectivity index (χ3n) is 1.35. The summed E-state index contributed by atoms with van der Waals surface area (Å²) in [5.41, 5.74) is 3.65. The molecule has 0 unspecified atom stereocenters. The van der Waals surface area contributed by atoms with Crippen molar-refractivity contribution in [2.45, 2.75) is 6.18 Å². The molecule has 1 aromatic heterocycles. The lowest BCUT2D eigenvalue weighted by molar-refractivity contribution is -0.137. The summed E-state index contributed by atoms with van der Waals surface area (Å²) >= 11 is 0. The Kier molecular flexibility index (Phi) is 2.59. The number of aromatic nitrogens is 1. The highest BCUT2D eigenvalue weighted by atomic mass is 19.4. The first-order chi connectivity index (χ1) is 6.41. The van der Waals surface area contributed by atoms with Crippen molar-refractivity contribution < 1.29 is 18.0 Å². The van der Waals surface area contributed by atoms with Crippen LogP contribution in [0, 0.1) is 0 Å². The average molecular weight is 205 g/mol. The smallest absolute Gasteiger partial charge is 0.351 e. The van der Waals surface area contributed by atoms with Crippen molar-refractivity contribution in [2.24, 2.45) is 5.73 Å². The number of pyridine rings is 1. The van der Waals surface area contributed by atoms with Crippen LogP contribution in [0.25, 0.3) is 0 Å². The Balaban J connectivity index is 3.10. The van der Waals surface area contributed by atoms with Gasteiger partial charge in [0.1, 0.15) is 5.82 Å². The van der Waals surface area contributed by atoms with Gasteiger partial charge in [-0.3, -0.25) is 5.32 Å². The average Bonchev–Trinajstić information content (AvgIpc) is 2.01. The molecule has 1 rings (SSSR count). The van der Waals surface area contributed by atoms with Crippen LogP contribution in [0.3, 0.4) is 0 Å². The van der Waals surface area contributed by atoms with Crippen LogP contribution in [-0.4, -0.2) is 11.0 Å². The number of carbonyl (C=O) groups is 1. The van der Waals surface area contributed by atoms with Gasteiger partial charge in [0, 0.05) is 6.20 Å². The number of halogens is 3. The Morgan fingerprint density at radius 3 is 2.64 bits per heavy atom. The van der Waals surface area contributed by atoms with E-state index in [0.29, 0.717) is 0 Å². The van der Waals surface area contributed by atoms with Gasteiger partial charge in [-0.2, -0.15) is 13.2 Å². The van der Waals surface area contributed by atoms with Gasteiger partial charge >= 0.3 is 12.2 Å². The third kappa shape index (κ3) is 2.35. The van der Waals surface area contributed by atoms with Crippen molar-refractivity contribution >= 4 is 11.8 Å². The van der Waals surface area contributed by atoms with Gasteiger partial charge in [-0.05, 0) is 12.1 Å². The number of amides is 2. The summed E-state index contributed by atoms with van der Waals surface area (Å²) in [5.74, 6) is -0.590. The second kappa shape index (κ2) is 3.52. The number of primary amides is 1. The van der Waals surface area contributed by atoms with Crippen molar-refractivity contribution in [3.63, 3.8) is 0 Å². The molecule has 0 aliphatic rings. The van der Waals surface area contributed by atoms with Crippen LogP contribution in [0.2, 0.25) is 0 Å². The van der Waals surface area contributed by atoms with Gasteiger partial charge < -0.3 is 5.73 Å². The number of carbonyl (C=O) groups excluding carboxylic acids is 1. The summed E-state index contributed by atoms with van der Waals surface area (Å²) in [5, 5.41) is 1.79. The maximum atomic E-state index is 12.3. The lowest BCUT2D eigenvalue weighted by atomic mass is 10.2. The van der Waals surface area contributed by atoms with E-state index in [1.165, 1.54) is 0 Å². The van der Waals surface area contributed by atoms with E-state index in [4.69, 9.17) is 0 Å². The molecule has 0 aliphatic heterocycles. The fourth-order valence-electron chi connectivity index (χ4n) is 0.850. The monoisotopic (exact) mass is 205 g/mol. The van der Waals surface area contributed by atoms with Crippen molar-refractivity contribution in [3.05, 3.63) is 23.9 Å². The molecule has 0 spiro atoms. The number of hydrogen-bond acceptors (Lipinski definition) is 2. The fraction of sp³-hybridized carbons (Fsp3) is 0.143. The van der Waals surface area contributed by atoms with Gasteiger partial charge in [0.2, 0.25) is 0 Å². The molecule has 0 aliphatic carbocycles.